The lowest BCUT2D eigenvalue weighted by Gasteiger charge is -2.04. The maximum Gasteiger partial charge on any atom is 0.129 e. The van der Waals surface area contributed by atoms with Gasteiger partial charge in [-0.3, -0.25) is 0 Å². The molecule has 0 radical (unpaired) electrons. The lowest BCUT2D eigenvalue weighted by atomic mass is 10.2. The van der Waals surface area contributed by atoms with Crippen LogP contribution in [-0.4, -0.2) is 16.8 Å². The molecule has 0 aliphatic rings. The third kappa shape index (κ3) is 2.07. The Balaban J connectivity index is 2.61. The molecule has 0 aliphatic heterocycles. The Kier molecular flexibility index (Phi) is 3.28. The Hall–Kier alpha value is -0.840. The Labute approximate surface area is 70.6 Å². The van der Waals surface area contributed by atoms with Crippen molar-refractivity contribution < 1.29 is 14.6 Å². The highest BCUT2D eigenvalue weighted by atomic mass is 16.4. The van der Waals surface area contributed by atoms with Crippen LogP contribution in [0.1, 0.15) is 24.0 Å². The first kappa shape index (κ1) is 9.25. The van der Waals surface area contributed by atoms with E-state index in [2.05, 4.69) is 0 Å². The summed E-state index contributed by atoms with van der Waals surface area (Å²) in [6.07, 6.45) is 0.471. The molecule has 0 saturated heterocycles. The quantitative estimate of drug-likeness (QED) is 0.602. The van der Waals surface area contributed by atoms with E-state index in [9.17, 15) is 0 Å². The van der Waals surface area contributed by atoms with Crippen molar-refractivity contribution in [3.63, 3.8) is 0 Å². The molecule has 4 nitrogen and oxygen atoms in total. The summed E-state index contributed by atoms with van der Waals surface area (Å²) in [5.74, 6) is 1.10. The minimum Gasteiger partial charge on any atom is -0.462 e. The van der Waals surface area contributed by atoms with E-state index < -0.39 is 0 Å². The van der Waals surface area contributed by atoms with Crippen molar-refractivity contribution in [3.05, 3.63) is 23.7 Å². The summed E-state index contributed by atoms with van der Waals surface area (Å²) >= 11 is 0. The second-order valence-electron chi connectivity index (χ2n) is 2.58. The number of nitrogens with two attached hydrogens (primary N) is 1. The summed E-state index contributed by atoms with van der Waals surface area (Å²) in [6.45, 7) is -0.0812. The van der Waals surface area contributed by atoms with E-state index in [0.29, 0.717) is 17.9 Å². The third-order valence-corrected chi connectivity index (χ3v) is 1.64. The van der Waals surface area contributed by atoms with Gasteiger partial charge in [-0.2, -0.15) is 0 Å². The highest BCUT2D eigenvalue weighted by Gasteiger charge is 2.09. The number of hydrogen-bond acceptors (Lipinski definition) is 4. The lowest BCUT2D eigenvalue weighted by Crippen LogP contribution is -2.10. The second-order valence-corrected chi connectivity index (χ2v) is 2.58. The van der Waals surface area contributed by atoms with Crippen LogP contribution in [0.25, 0.3) is 0 Å². The molecule has 0 unspecified atom stereocenters. The molecule has 1 rings (SSSR count). The standard InChI is InChI=1S/C8H13NO3/c9-7(3-4-10)8-2-1-6(5-11)12-8/h1-2,7,10-11H,3-5,9H2/t7-/m1/s1. The summed E-state index contributed by atoms with van der Waals surface area (Å²) in [5, 5.41) is 17.3. The van der Waals surface area contributed by atoms with Crippen molar-refractivity contribution in [1.29, 1.82) is 0 Å². The summed E-state index contributed by atoms with van der Waals surface area (Å²) in [5.41, 5.74) is 5.64. The topological polar surface area (TPSA) is 79.6 Å². The molecule has 0 fully saturated rings. The van der Waals surface area contributed by atoms with Crippen molar-refractivity contribution >= 4 is 0 Å². The van der Waals surface area contributed by atoms with Crippen LogP contribution in [0, 0.1) is 0 Å². The highest BCUT2D eigenvalue weighted by molar-refractivity contribution is 5.09. The molecule has 4 N–H and O–H groups in total. The van der Waals surface area contributed by atoms with Crippen LogP contribution in [0.4, 0.5) is 0 Å². The molecule has 12 heavy (non-hydrogen) atoms. The number of rotatable bonds is 4. The maximum atomic E-state index is 8.68. The van der Waals surface area contributed by atoms with Crippen molar-refractivity contribution in [3.8, 4) is 0 Å². The zero-order valence-corrected chi connectivity index (χ0v) is 6.73. The average Bonchev–Trinajstić information content (AvgIpc) is 2.52. The van der Waals surface area contributed by atoms with Gasteiger partial charge in [0.25, 0.3) is 0 Å². The largest absolute Gasteiger partial charge is 0.462 e. The van der Waals surface area contributed by atoms with Gasteiger partial charge < -0.3 is 20.4 Å². The van der Waals surface area contributed by atoms with Gasteiger partial charge in [0.1, 0.15) is 18.1 Å². The van der Waals surface area contributed by atoms with Crippen molar-refractivity contribution in [2.75, 3.05) is 6.61 Å². The predicted molar refractivity (Wildman–Crippen MR) is 43.3 cm³/mol. The normalized spacial score (nSPS) is 13.2. The zero-order valence-electron chi connectivity index (χ0n) is 6.73. The monoisotopic (exact) mass is 171 g/mol. The third-order valence-electron chi connectivity index (χ3n) is 1.64. The van der Waals surface area contributed by atoms with Crippen molar-refractivity contribution in [1.82, 2.24) is 0 Å². The molecule has 4 heteroatoms. The molecule has 68 valence electrons. The predicted octanol–water partition coefficient (Wildman–Crippen LogP) is 0.154. The van der Waals surface area contributed by atoms with E-state index in [0.717, 1.165) is 0 Å². The Morgan fingerprint density at radius 1 is 1.42 bits per heavy atom. The molecule has 0 saturated carbocycles. The molecule has 1 aromatic rings. The van der Waals surface area contributed by atoms with E-state index in [1.54, 1.807) is 12.1 Å². The molecule has 0 aromatic carbocycles. The summed E-state index contributed by atoms with van der Waals surface area (Å²) < 4.78 is 5.16. The van der Waals surface area contributed by atoms with Crippen LogP contribution in [0.15, 0.2) is 16.5 Å². The van der Waals surface area contributed by atoms with E-state index in [-0.39, 0.29) is 19.3 Å². The van der Waals surface area contributed by atoms with Crippen LogP contribution in [0.5, 0.6) is 0 Å². The van der Waals surface area contributed by atoms with Gasteiger partial charge in [0, 0.05) is 6.61 Å². The van der Waals surface area contributed by atoms with Crippen molar-refractivity contribution in [2.45, 2.75) is 19.1 Å². The molecule has 0 spiro atoms. The minimum atomic E-state index is -0.282. The van der Waals surface area contributed by atoms with Gasteiger partial charge in [-0.25, -0.2) is 0 Å². The van der Waals surface area contributed by atoms with E-state index in [1.807, 2.05) is 0 Å². The Bertz CT molecular complexity index is 234. The summed E-state index contributed by atoms with van der Waals surface area (Å²) in [6, 6.07) is 3.11. The SMILES string of the molecule is N[C@H](CCO)c1ccc(CO)o1. The van der Waals surface area contributed by atoms with Gasteiger partial charge >= 0.3 is 0 Å². The molecule has 1 heterocycles. The van der Waals surface area contributed by atoms with E-state index in [4.69, 9.17) is 20.4 Å². The number of hydrogen-bond donors (Lipinski definition) is 3. The summed E-state index contributed by atoms with van der Waals surface area (Å²) in [7, 11) is 0. The van der Waals surface area contributed by atoms with E-state index >= 15 is 0 Å². The maximum absolute atomic E-state index is 8.68. The molecular weight excluding hydrogens is 158 g/mol. The fourth-order valence-corrected chi connectivity index (χ4v) is 0.960. The average molecular weight is 171 g/mol. The fourth-order valence-electron chi connectivity index (χ4n) is 0.960. The highest BCUT2D eigenvalue weighted by Crippen LogP contribution is 2.16. The minimum absolute atomic E-state index is 0.0380. The smallest absolute Gasteiger partial charge is 0.129 e. The van der Waals surface area contributed by atoms with Crippen LogP contribution in [0.3, 0.4) is 0 Å². The molecule has 0 amide bonds. The molecule has 1 aromatic heterocycles. The van der Waals surface area contributed by atoms with Gasteiger partial charge in [-0.05, 0) is 18.6 Å². The Morgan fingerprint density at radius 2 is 2.17 bits per heavy atom. The van der Waals surface area contributed by atoms with E-state index in [1.165, 1.54) is 0 Å². The Morgan fingerprint density at radius 3 is 2.67 bits per heavy atom. The van der Waals surface area contributed by atoms with Crippen molar-refractivity contribution in [2.24, 2.45) is 5.73 Å². The number of aliphatic hydroxyl groups excluding tert-OH is 2. The molecule has 0 aliphatic carbocycles. The fraction of sp³-hybridized carbons (Fsp3) is 0.500. The first-order chi connectivity index (χ1) is 5.77. The molecule has 1 atom stereocenters. The zero-order chi connectivity index (χ0) is 8.97. The lowest BCUT2D eigenvalue weighted by molar-refractivity contribution is 0.235. The first-order valence-corrected chi connectivity index (χ1v) is 3.84. The van der Waals surface area contributed by atoms with Gasteiger partial charge in [-0.1, -0.05) is 0 Å². The van der Waals surface area contributed by atoms with Crippen LogP contribution >= 0.6 is 0 Å². The number of furan rings is 1. The molecule has 0 bridgehead atoms. The first-order valence-electron chi connectivity index (χ1n) is 3.84. The second kappa shape index (κ2) is 4.25. The van der Waals surface area contributed by atoms with Crippen LogP contribution < -0.4 is 5.73 Å². The molecular formula is C8H13NO3. The van der Waals surface area contributed by atoms with Crippen LogP contribution in [-0.2, 0) is 6.61 Å². The number of aliphatic hydroxyl groups is 2. The summed E-state index contributed by atoms with van der Waals surface area (Å²) in [4.78, 5) is 0. The van der Waals surface area contributed by atoms with Gasteiger partial charge in [0.2, 0.25) is 0 Å². The van der Waals surface area contributed by atoms with Gasteiger partial charge in [0.15, 0.2) is 0 Å². The van der Waals surface area contributed by atoms with Crippen LogP contribution in [0.2, 0.25) is 0 Å². The van der Waals surface area contributed by atoms with Gasteiger partial charge in [0.05, 0.1) is 6.04 Å². The van der Waals surface area contributed by atoms with Gasteiger partial charge in [-0.15, -0.1) is 0 Å².